The summed E-state index contributed by atoms with van der Waals surface area (Å²) in [5.74, 6) is 0. The predicted molar refractivity (Wildman–Crippen MR) is 169 cm³/mol. The average molecular weight is 705 g/mol. The first-order valence-electron chi connectivity index (χ1n) is 13.7. The molecule has 0 bridgehead atoms. The fourth-order valence-electron chi connectivity index (χ4n) is 5.77. The molecular formula is C38H28IrN2-2. The minimum absolute atomic E-state index is 0. The van der Waals surface area contributed by atoms with E-state index in [1.807, 2.05) is 48.7 Å². The molecule has 0 aliphatic heterocycles. The maximum Gasteiger partial charge on any atom is 0.0167 e. The van der Waals surface area contributed by atoms with Crippen molar-refractivity contribution in [1.82, 2.24) is 9.97 Å². The zero-order valence-corrected chi connectivity index (χ0v) is 25.6. The van der Waals surface area contributed by atoms with Gasteiger partial charge in [0.1, 0.15) is 0 Å². The molecule has 8 rings (SSSR count). The van der Waals surface area contributed by atoms with Gasteiger partial charge in [0, 0.05) is 32.5 Å². The summed E-state index contributed by atoms with van der Waals surface area (Å²) in [6.07, 6.45) is 3.73. The van der Waals surface area contributed by atoms with E-state index < -0.39 is 0 Å². The van der Waals surface area contributed by atoms with Crippen LogP contribution in [0.4, 0.5) is 0 Å². The summed E-state index contributed by atoms with van der Waals surface area (Å²) in [5, 5.41) is 11.4. The number of pyridine rings is 2. The van der Waals surface area contributed by atoms with Crippen molar-refractivity contribution in [3.63, 3.8) is 0 Å². The molecule has 0 saturated carbocycles. The van der Waals surface area contributed by atoms with Crippen LogP contribution in [0.5, 0.6) is 0 Å². The molecule has 0 unspecified atom stereocenters. The van der Waals surface area contributed by atoms with Crippen molar-refractivity contribution in [3.8, 4) is 11.3 Å². The monoisotopic (exact) mass is 705 g/mol. The molecule has 0 saturated heterocycles. The van der Waals surface area contributed by atoms with Crippen molar-refractivity contribution in [2.45, 2.75) is 26.2 Å². The summed E-state index contributed by atoms with van der Waals surface area (Å²) in [6, 6.07) is 42.5. The van der Waals surface area contributed by atoms with Gasteiger partial charge in [-0.1, -0.05) is 86.1 Å². The van der Waals surface area contributed by atoms with Crippen LogP contribution in [-0.4, -0.2) is 9.97 Å². The van der Waals surface area contributed by atoms with Gasteiger partial charge < -0.3 is 9.97 Å². The van der Waals surface area contributed by atoms with Crippen LogP contribution >= 0.6 is 0 Å². The average Bonchev–Trinajstić information content (AvgIpc) is 3.01. The van der Waals surface area contributed by atoms with Crippen molar-refractivity contribution in [3.05, 3.63) is 133 Å². The predicted octanol–water partition coefficient (Wildman–Crippen LogP) is 9.93. The summed E-state index contributed by atoms with van der Waals surface area (Å²) < 4.78 is 0. The smallest absolute Gasteiger partial charge is 0.0167 e. The normalized spacial score (nSPS) is 11.6. The van der Waals surface area contributed by atoms with E-state index in [2.05, 4.69) is 98.6 Å². The van der Waals surface area contributed by atoms with Gasteiger partial charge in [-0.15, -0.1) is 65.0 Å². The van der Waals surface area contributed by atoms with Gasteiger partial charge >= 0.3 is 0 Å². The van der Waals surface area contributed by atoms with Gasteiger partial charge in [0.2, 0.25) is 0 Å². The van der Waals surface area contributed by atoms with E-state index in [-0.39, 0.29) is 25.5 Å². The van der Waals surface area contributed by atoms with Crippen LogP contribution in [0.3, 0.4) is 0 Å². The second-order valence-electron chi connectivity index (χ2n) is 11.3. The molecule has 0 aliphatic rings. The first kappa shape index (κ1) is 27.0. The number of hydrogen-bond acceptors (Lipinski definition) is 2. The Balaban J connectivity index is 0.000000196. The van der Waals surface area contributed by atoms with Crippen molar-refractivity contribution < 1.29 is 20.1 Å². The maximum absolute atomic E-state index is 4.83. The first-order valence-corrected chi connectivity index (χ1v) is 13.7. The first-order chi connectivity index (χ1) is 19.5. The van der Waals surface area contributed by atoms with Gasteiger partial charge in [-0.2, -0.15) is 0 Å². The van der Waals surface area contributed by atoms with Crippen LogP contribution in [0, 0.1) is 12.1 Å². The molecule has 0 atom stereocenters. The van der Waals surface area contributed by atoms with Gasteiger partial charge in [-0.3, -0.25) is 0 Å². The maximum atomic E-state index is 4.83. The number of fused-ring (bicyclic) bond motifs is 6. The minimum atomic E-state index is 0. The molecule has 6 aromatic carbocycles. The van der Waals surface area contributed by atoms with Crippen molar-refractivity contribution in [2.24, 2.45) is 0 Å². The Bertz CT molecular complexity index is 2090. The molecule has 8 aromatic rings. The molecule has 1 radical (unpaired) electrons. The van der Waals surface area contributed by atoms with E-state index in [0.29, 0.717) is 0 Å². The Labute approximate surface area is 253 Å². The van der Waals surface area contributed by atoms with E-state index in [0.717, 1.165) is 22.2 Å². The zero-order valence-electron chi connectivity index (χ0n) is 23.2. The van der Waals surface area contributed by atoms with Crippen molar-refractivity contribution in [2.75, 3.05) is 0 Å². The zero-order chi connectivity index (χ0) is 27.3. The standard InChI is InChI=1S/C27H20N.C11H8N.Ir/c1-27(2,3)16-11-12-22-23(15-16)20-10-6-9-19-17-7-4-5-8-18(17)21-13-14-28-26(22)25(21)24(19)20;1-2-6-10(7-3-1)11-8-4-5-9-12-11;/h4-11,13-15H,1-3H3;1-6,8-9H;/q2*-1;. The Morgan fingerprint density at radius 3 is 1.95 bits per heavy atom. The van der Waals surface area contributed by atoms with Gasteiger partial charge in [0.15, 0.2) is 0 Å². The molecule has 41 heavy (non-hydrogen) atoms. The van der Waals surface area contributed by atoms with Crippen molar-refractivity contribution >= 4 is 54.0 Å². The molecule has 0 aliphatic carbocycles. The number of hydrogen-bond donors (Lipinski definition) is 0. The summed E-state index contributed by atoms with van der Waals surface area (Å²) in [7, 11) is 0. The molecule has 2 heterocycles. The molecule has 0 amide bonds. The Morgan fingerprint density at radius 1 is 0.585 bits per heavy atom. The molecule has 0 spiro atoms. The Kier molecular flexibility index (Phi) is 7.03. The number of benzene rings is 6. The summed E-state index contributed by atoms with van der Waals surface area (Å²) in [5.41, 5.74) is 4.46. The quantitative estimate of drug-likeness (QED) is 0.0966. The second-order valence-corrected chi connectivity index (χ2v) is 11.3. The van der Waals surface area contributed by atoms with Crippen LogP contribution in [-0.2, 0) is 25.5 Å². The third-order valence-corrected chi connectivity index (χ3v) is 7.76. The third kappa shape index (κ3) is 4.66. The molecular weight excluding hydrogens is 677 g/mol. The van der Waals surface area contributed by atoms with Crippen LogP contribution in [0.15, 0.2) is 116 Å². The topological polar surface area (TPSA) is 25.8 Å². The summed E-state index contributed by atoms with van der Waals surface area (Å²) in [6.45, 7) is 6.77. The Hall–Kier alpha value is -4.17. The minimum Gasteiger partial charge on any atom is -0.305 e. The molecule has 2 aromatic heterocycles. The third-order valence-electron chi connectivity index (χ3n) is 7.76. The van der Waals surface area contributed by atoms with E-state index in [1.165, 1.54) is 48.7 Å². The van der Waals surface area contributed by atoms with E-state index in [1.54, 1.807) is 6.20 Å². The van der Waals surface area contributed by atoms with Gasteiger partial charge in [-0.05, 0) is 61.1 Å². The van der Waals surface area contributed by atoms with Gasteiger partial charge in [0.25, 0.3) is 0 Å². The van der Waals surface area contributed by atoms with E-state index in [9.17, 15) is 0 Å². The molecule has 0 N–H and O–H groups in total. The fraction of sp³-hybridized carbons (Fsp3) is 0.105. The molecule has 0 fully saturated rings. The number of rotatable bonds is 1. The summed E-state index contributed by atoms with van der Waals surface area (Å²) >= 11 is 0. The van der Waals surface area contributed by atoms with Crippen LogP contribution in [0.1, 0.15) is 26.3 Å². The SMILES string of the molecule is CC(C)(C)c1c[c-]c2c(c1)c1cccc3c4ccccc4c4ccnc2c4c13.[Ir].[c-]1ccccc1-c1ccccn1. The van der Waals surface area contributed by atoms with Crippen LogP contribution < -0.4 is 0 Å². The van der Waals surface area contributed by atoms with Gasteiger partial charge in [0.05, 0.1) is 0 Å². The fourth-order valence-corrected chi connectivity index (χ4v) is 5.77. The molecule has 3 heteroatoms. The van der Waals surface area contributed by atoms with Crippen LogP contribution in [0.2, 0.25) is 0 Å². The number of nitrogens with zero attached hydrogens (tertiary/aromatic N) is 2. The van der Waals surface area contributed by atoms with Crippen molar-refractivity contribution in [1.29, 1.82) is 0 Å². The van der Waals surface area contributed by atoms with Crippen LogP contribution in [0.25, 0.3) is 65.3 Å². The Morgan fingerprint density at radius 2 is 1.27 bits per heavy atom. The summed E-state index contributed by atoms with van der Waals surface area (Å²) in [4.78, 5) is 9.05. The number of aromatic nitrogens is 2. The van der Waals surface area contributed by atoms with E-state index in [4.69, 9.17) is 4.98 Å². The largest absolute Gasteiger partial charge is 0.305 e. The molecule has 2 nitrogen and oxygen atoms in total. The van der Waals surface area contributed by atoms with E-state index >= 15 is 0 Å². The second kappa shape index (κ2) is 10.7. The molecule has 201 valence electrons. The van der Waals surface area contributed by atoms with Gasteiger partial charge in [-0.25, -0.2) is 0 Å².